The van der Waals surface area contributed by atoms with E-state index in [0.717, 1.165) is 25.8 Å². The summed E-state index contributed by atoms with van der Waals surface area (Å²) in [6.45, 7) is 2.74. The van der Waals surface area contributed by atoms with Crippen LogP contribution in [0.1, 0.15) is 31.7 Å². The Morgan fingerprint density at radius 3 is 2.95 bits per heavy atom. The first-order valence-electron chi connectivity index (χ1n) is 6.31. The molecule has 1 atom stereocenters. The van der Waals surface area contributed by atoms with E-state index < -0.39 is 5.54 Å². The minimum Gasteiger partial charge on any atom is -0.323 e. The lowest BCUT2D eigenvalue weighted by atomic mass is 9.90. The number of nitrogens with zero attached hydrogens (tertiary/aromatic N) is 1. The molecule has 1 aromatic carbocycles. The van der Waals surface area contributed by atoms with Crippen molar-refractivity contribution >= 4 is 23.2 Å². The first kappa shape index (κ1) is 13.9. The number of hydrogen-bond donors (Lipinski definition) is 2. The molecule has 1 amide bonds. The van der Waals surface area contributed by atoms with Crippen LogP contribution in [0.4, 0.5) is 5.69 Å². The molecule has 1 aliphatic rings. The summed E-state index contributed by atoms with van der Waals surface area (Å²) in [4.78, 5) is 12.3. The Kier molecular flexibility index (Phi) is 4.08. The van der Waals surface area contributed by atoms with E-state index in [4.69, 9.17) is 16.9 Å². The van der Waals surface area contributed by atoms with Crippen LogP contribution < -0.4 is 10.6 Å². The average Bonchev–Trinajstić information content (AvgIpc) is 2.42. The lowest BCUT2D eigenvalue weighted by Crippen LogP contribution is -2.54. The predicted molar refractivity (Wildman–Crippen MR) is 75.1 cm³/mol. The Labute approximate surface area is 117 Å². The first-order chi connectivity index (χ1) is 9.05. The lowest BCUT2D eigenvalue weighted by Gasteiger charge is -2.33. The number of carbonyl (C=O) groups is 1. The van der Waals surface area contributed by atoms with Gasteiger partial charge in [0.05, 0.1) is 27.9 Å². The van der Waals surface area contributed by atoms with Gasteiger partial charge in [-0.15, -0.1) is 0 Å². The molecule has 1 heterocycles. The number of hydrogen-bond acceptors (Lipinski definition) is 3. The second-order valence-corrected chi connectivity index (χ2v) is 5.38. The van der Waals surface area contributed by atoms with Crippen LogP contribution in [-0.2, 0) is 4.79 Å². The van der Waals surface area contributed by atoms with E-state index in [2.05, 4.69) is 10.6 Å². The summed E-state index contributed by atoms with van der Waals surface area (Å²) in [7, 11) is 0. The molecular weight excluding hydrogens is 262 g/mol. The fourth-order valence-electron chi connectivity index (χ4n) is 2.20. The number of anilines is 1. The molecule has 0 saturated carbocycles. The van der Waals surface area contributed by atoms with Gasteiger partial charge in [-0.25, -0.2) is 0 Å². The highest BCUT2D eigenvalue weighted by atomic mass is 35.5. The van der Waals surface area contributed by atoms with Gasteiger partial charge < -0.3 is 10.6 Å². The van der Waals surface area contributed by atoms with Crippen LogP contribution in [-0.4, -0.2) is 18.0 Å². The van der Waals surface area contributed by atoms with Crippen molar-refractivity contribution in [3.63, 3.8) is 0 Å². The number of benzene rings is 1. The monoisotopic (exact) mass is 277 g/mol. The molecule has 100 valence electrons. The van der Waals surface area contributed by atoms with Crippen LogP contribution in [0.25, 0.3) is 0 Å². The number of amides is 1. The van der Waals surface area contributed by atoms with Crippen LogP contribution in [0.2, 0.25) is 5.02 Å². The molecule has 4 nitrogen and oxygen atoms in total. The van der Waals surface area contributed by atoms with Gasteiger partial charge in [-0.3, -0.25) is 4.79 Å². The Morgan fingerprint density at radius 2 is 2.32 bits per heavy atom. The Morgan fingerprint density at radius 1 is 1.53 bits per heavy atom. The van der Waals surface area contributed by atoms with Crippen molar-refractivity contribution in [3.05, 3.63) is 28.8 Å². The summed E-state index contributed by atoms with van der Waals surface area (Å²) in [6, 6.07) is 6.86. The number of nitrogens with one attached hydrogen (secondary N) is 2. The van der Waals surface area contributed by atoms with Crippen LogP contribution in [0, 0.1) is 11.3 Å². The van der Waals surface area contributed by atoms with Gasteiger partial charge in [-0.05, 0) is 50.9 Å². The summed E-state index contributed by atoms with van der Waals surface area (Å²) in [5.41, 5.74) is 0.394. The van der Waals surface area contributed by atoms with E-state index in [-0.39, 0.29) is 5.91 Å². The van der Waals surface area contributed by atoms with Gasteiger partial charge in [0.2, 0.25) is 5.91 Å². The molecule has 1 aromatic rings. The van der Waals surface area contributed by atoms with E-state index in [9.17, 15) is 4.79 Å². The zero-order valence-corrected chi connectivity index (χ0v) is 11.5. The maximum absolute atomic E-state index is 12.3. The highest BCUT2D eigenvalue weighted by Gasteiger charge is 2.34. The van der Waals surface area contributed by atoms with Crippen LogP contribution in [0.5, 0.6) is 0 Å². The van der Waals surface area contributed by atoms with E-state index in [0.29, 0.717) is 16.3 Å². The van der Waals surface area contributed by atoms with Crippen LogP contribution in [0.15, 0.2) is 18.2 Å². The Balaban J connectivity index is 2.16. The predicted octanol–water partition coefficient (Wildman–Crippen LogP) is 2.68. The van der Waals surface area contributed by atoms with Crippen LogP contribution in [0.3, 0.4) is 0 Å². The van der Waals surface area contributed by atoms with Crippen molar-refractivity contribution < 1.29 is 4.79 Å². The summed E-state index contributed by atoms with van der Waals surface area (Å²) < 4.78 is 0. The molecule has 19 heavy (non-hydrogen) atoms. The fraction of sp³-hybridized carbons (Fsp3) is 0.429. The Bertz CT molecular complexity index is 530. The largest absolute Gasteiger partial charge is 0.323 e. The standard InChI is InChI=1S/C14H16ClN3O/c1-14(6-2-3-7-17-14)13(19)18-12-8-10(9-16)4-5-11(12)15/h4-5,8,17H,2-3,6-7H2,1H3,(H,18,19). The Hall–Kier alpha value is -1.57. The van der Waals surface area contributed by atoms with Crippen molar-refractivity contribution in [2.24, 2.45) is 0 Å². The summed E-state index contributed by atoms with van der Waals surface area (Å²) in [6.07, 6.45) is 2.92. The molecular formula is C14H16ClN3O. The maximum atomic E-state index is 12.3. The number of rotatable bonds is 2. The van der Waals surface area contributed by atoms with Gasteiger partial charge >= 0.3 is 0 Å². The third-order valence-electron chi connectivity index (χ3n) is 3.46. The van der Waals surface area contributed by atoms with E-state index in [1.54, 1.807) is 18.2 Å². The second-order valence-electron chi connectivity index (χ2n) is 4.98. The van der Waals surface area contributed by atoms with E-state index in [1.807, 2.05) is 13.0 Å². The molecule has 1 unspecified atom stereocenters. The molecule has 0 aromatic heterocycles. The van der Waals surface area contributed by atoms with E-state index >= 15 is 0 Å². The number of carbonyl (C=O) groups excluding carboxylic acids is 1. The molecule has 1 saturated heterocycles. The first-order valence-corrected chi connectivity index (χ1v) is 6.69. The van der Waals surface area contributed by atoms with E-state index in [1.165, 1.54) is 0 Å². The van der Waals surface area contributed by atoms with Gasteiger partial charge in [0.25, 0.3) is 0 Å². The van der Waals surface area contributed by atoms with Crippen molar-refractivity contribution in [3.8, 4) is 6.07 Å². The second kappa shape index (κ2) is 5.60. The molecule has 0 spiro atoms. The summed E-state index contributed by atoms with van der Waals surface area (Å²) in [5.74, 6) is -0.107. The molecule has 1 fully saturated rings. The van der Waals surface area contributed by atoms with Crippen molar-refractivity contribution in [1.82, 2.24) is 5.32 Å². The smallest absolute Gasteiger partial charge is 0.244 e. The van der Waals surface area contributed by atoms with Crippen molar-refractivity contribution in [2.75, 3.05) is 11.9 Å². The number of piperidine rings is 1. The van der Waals surface area contributed by atoms with Gasteiger partial charge in [0, 0.05) is 0 Å². The summed E-state index contributed by atoms with van der Waals surface area (Å²) >= 11 is 6.04. The van der Waals surface area contributed by atoms with Crippen molar-refractivity contribution in [1.29, 1.82) is 5.26 Å². The zero-order valence-electron chi connectivity index (χ0n) is 10.8. The topological polar surface area (TPSA) is 64.9 Å². The SMILES string of the molecule is CC1(C(=O)Nc2cc(C#N)ccc2Cl)CCCCN1. The normalized spacial score (nSPS) is 22.6. The summed E-state index contributed by atoms with van der Waals surface area (Å²) in [5, 5.41) is 15.4. The van der Waals surface area contributed by atoms with Gasteiger partial charge in [0.1, 0.15) is 0 Å². The zero-order chi connectivity index (χ0) is 13.9. The molecule has 2 N–H and O–H groups in total. The third kappa shape index (κ3) is 3.06. The minimum atomic E-state index is -0.565. The third-order valence-corrected chi connectivity index (χ3v) is 3.79. The molecule has 0 aliphatic carbocycles. The van der Waals surface area contributed by atoms with Gasteiger partial charge in [0.15, 0.2) is 0 Å². The fourth-order valence-corrected chi connectivity index (χ4v) is 2.37. The molecule has 0 radical (unpaired) electrons. The average molecular weight is 278 g/mol. The minimum absolute atomic E-state index is 0.107. The van der Waals surface area contributed by atoms with Gasteiger partial charge in [-0.1, -0.05) is 11.6 Å². The van der Waals surface area contributed by atoms with Gasteiger partial charge in [-0.2, -0.15) is 5.26 Å². The molecule has 2 rings (SSSR count). The number of halogens is 1. The molecule has 5 heteroatoms. The highest BCUT2D eigenvalue weighted by molar-refractivity contribution is 6.33. The quantitative estimate of drug-likeness (QED) is 0.873. The highest BCUT2D eigenvalue weighted by Crippen LogP contribution is 2.26. The maximum Gasteiger partial charge on any atom is 0.244 e. The lowest BCUT2D eigenvalue weighted by molar-refractivity contribution is -0.122. The van der Waals surface area contributed by atoms with Crippen molar-refractivity contribution in [2.45, 2.75) is 31.7 Å². The van der Waals surface area contributed by atoms with Crippen LogP contribution >= 0.6 is 11.6 Å². The number of nitriles is 1. The molecule has 1 aliphatic heterocycles. The molecule has 0 bridgehead atoms.